The maximum Gasteiger partial charge on any atom is 0.416 e. The average molecular weight is 578 g/mol. The van der Waals surface area contributed by atoms with Gasteiger partial charge >= 0.3 is 12.1 Å². The van der Waals surface area contributed by atoms with Gasteiger partial charge in [0.15, 0.2) is 0 Å². The number of carbonyl (C=O) groups is 2. The Morgan fingerprint density at radius 1 is 1.11 bits per heavy atom. The third kappa shape index (κ3) is 6.56. The fourth-order valence-corrected chi connectivity index (χ4v) is 5.20. The van der Waals surface area contributed by atoms with Crippen molar-refractivity contribution in [3.63, 3.8) is 0 Å². The summed E-state index contributed by atoms with van der Waals surface area (Å²) >= 11 is 12.7. The molecule has 0 aromatic heterocycles. The number of hydrogen-bond acceptors (Lipinski definition) is 5. The van der Waals surface area contributed by atoms with E-state index in [0.29, 0.717) is 45.7 Å². The lowest BCUT2D eigenvalue weighted by atomic mass is 10.0. The molecule has 1 heterocycles. The molecule has 4 rings (SSSR count). The minimum Gasteiger partial charge on any atom is -0.494 e. The normalized spacial score (nSPS) is 14.8. The van der Waals surface area contributed by atoms with Crippen LogP contribution in [-0.4, -0.2) is 39.4 Å². The zero-order valence-corrected chi connectivity index (χ0v) is 21.9. The third-order valence-electron chi connectivity index (χ3n) is 5.56. The number of nitrogens with zero attached hydrogens (tertiary/aromatic N) is 1. The molecule has 3 aromatic rings. The van der Waals surface area contributed by atoms with Gasteiger partial charge in [-0.15, -0.1) is 0 Å². The Bertz CT molecular complexity index is 1420. The molecule has 1 saturated heterocycles. The maximum atomic E-state index is 13.2. The quantitative estimate of drug-likeness (QED) is 0.171. The lowest BCUT2D eigenvalue weighted by Crippen LogP contribution is -2.29. The van der Waals surface area contributed by atoms with Gasteiger partial charge in [0, 0.05) is 17.1 Å². The van der Waals surface area contributed by atoms with Crippen LogP contribution in [0.25, 0.3) is 17.2 Å². The van der Waals surface area contributed by atoms with E-state index in [4.69, 9.17) is 33.7 Å². The van der Waals surface area contributed by atoms with Crippen LogP contribution in [0.4, 0.5) is 13.2 Å². The van der Waals surface area contributed by atoms with Crippen molar-refractivity contribution in [1.82, 2.24) is 4.90 Å². The molecule has 1 aliphatic heterocycles. The summed E-state index contributed by atoms with van der Waals surface area (Å²) in [6.07, 6.45) is -2.37. The number of amides is 1. The molecule has 196 valence electrons. The Hall–Kier alpha value is -3.34. The number of halogens is 4. The van der Waals surface area contributed by atoms with E-state index in [9.17, 15) is 22.8 Å². The lowest BCUT2D eigenvalue weighted by Gasteiger charge is -2.14. The average Bonchev–Trinajstić information content (AvgIpc) is 3.13. The highest BCUT2D eigenvalue weighted by Gasteiger charge is 2.32. The first-order chi connectivity index (χ1) is 18.0. The highest BCUT2D eigenvalue weighted by atomic mass is 35.5. The molecule has 1 aliphatic rings. The SMILES string of the molecule is O=C(O)c1ccc(OCCCN2C(=O)C(=Cc3cccc(-c4cc(C(F)(F)F)ccc4Cl)c3)SC2=S)cc1. The largest absolute Gasteiger partial charge is 0.494 e. The summed E-state index contributed by atoms with van der Waals surface area (Å²) in [7, 11) is 0. The Labute approximate surface area is 230 Å². The van der Waals surface area contributed by atoms with Gasteiger partial charge < -0.3 is 9.84 Å². The summed E-state index contributed by atoms with van der Waals surface area (Å²) in [6.45, 7) is 0.622. The van der Waals surface area contributed by atoms with Gasteiger partial charge in [0.25, 0.3) is 5.91 Å². The number of ether oxygens (including phenoxy) is 1. The zero-order chi connectivity index (χ0) is 27.4. The molecular weight excluding hydrogens is 559 g/mol. The van der Waals surface area contributed by atoms with Crippen molar-refractivity contribution in [2.24, 2.45) is 0 Å². The number of benzene rings is 3. The van der Waals surface area contributed by atoms with Crippen LogP contribution in [-0.2, 0) is 11.0 Å². The molecule has 0 atom stereocenters. The molecule has 3 aromatic carbocycles. The Morgan fingerprint density at radius 2 is 1.84 bits per heavy atom. The van der Waals surface area contributed by atoms with Crippen molar-refractivity contribution in [3.8, 4) is 16.9 Å². The summed E-state index contributed by atoms with van der Waals surface area (Å²) in [5, 5.41) is 9.13. The van der Waals surface area contributed by atoms with Gasteiger partial charge in [-0.25, -0.2) is 4.79 Å². The number of thioether (sulfide) groups is 1. The summed E-state index contributed by atoms with van der Waals surface area (Å²) in [5.74, 6) is -0.778. The van der Waals surface area contributed by atoms with Gasteiger partial charge in [-0.1, -0.05) is 53.8 Å². The minimum atomic E-state index is -4.50. The van der Waals surface area contributed by atoms with Crippen molar-refractivity contribution in [3.05, 3.63) is 93.3 Å². The van der Waals surface area contributed by atoms with E-state index in [2.05, 4.69) is 0 Å². The number of carboxylic acid groups (broad SMARTS) is 1. The monoisotopic (exact) mass is 577 g/mol. The van der Waals surface area contributed by atoms with Crippen LogP contribution >= 0.6 is 35.6 Å². The number of carboxylic acids is 1. The van der Waals surface area contributed by atoms with Crippen LogP contribution in [0.3, 0.4) is 0 Å². The van der Waals surface area contributed by atoms with Gasteiger partial charge in [0.05, 0.1) is 22.6 Å². The van der Waals surface area contributed by atoms with Crippen LogP contribution < -0.4 is 4.74 Å². The summed E-state index contributed by atoms with van der Waals surface area (Å²) < 4.78 is 45.6. The molecule has 11 heteroatoms. The van der Waals surface area contributed by atoms with E-state index in [1.165, 1.54) is 23.1 Å². The zero-order valence-electron chi connectivity index (χ0n) is 19.5. The molecule has 1 N–H and O–H groups in total. The maximum absolute atomic E-state index is 13.2. The molecule has 1 fully saturated rings. The van der Waals surface area contributed by atoms with E-state index in [0.717, 1.165) is 23.9 Å². The topological polar surface area (TPSA) is 66.8 Å². The second kappa shape index (κ2) is 11.6. The van der Waals surface area contributed by atoms with Crippen LogP contribution in [0.15, 0.2) is 71.6 Å². The number of aromatic carboxylic acids is 1. The second-order valence-electron chi connectivity index (χ2n) is 8.18. The first-order valence-corrected chi connectivity index (χ1v) is 12.8. The van der Waals surface area contributed by atoms with Gasteiger partial charge in [0.1, 0.15) is 10.1 Å². The summed E-state index contributed by atoms with van der Waals surface area (Å²) in [6, 6.07) is 15.9. The molecule has 0 radical (unpaired) electrons. The molecule has 0 bridgehead atoms. The molecule has 0 spiro atoms. The number of carbonyl (C=O) groups excluding carboxylic acids is 1. The van der Waals surface area contributed by atoms with Crippen molar-refractivity contribution < 1.29 is 32.6 Å². The fraction of sp³-hybridized carbons (Fsp3) is 0.148. The molecule has 38 heavy (non-hydrogen) atoms. The van der Waals surface area contributed by atoms with Crippen molar-refractivity contribution in [2.45, 2.75) is 12.6 Å². The Morgan fingerprint density at radius 3 is 2.53 bits per heavy atom. The molecule has 0 saturated carbocycles. The number of hydrogen-bond donors (Lipinski definition) is 1. The van der Waals surface area contributed by atoms with Gasteiger partial charge in [-0.05, 0) is 72.2 Å². The third-order valence-corrected chi connectivity index (χ3v) is 7.27. The van der Waals surface area contributed by atoms with Crippen LogP contribution in [0.1, 0.15) is 27.9 Å². The highest BCUT2D eigenvalue weighted by molar-refractivity contribution is 8.26. The van der Waals surface area contributed by atoms with Crippen LogP contribution in [0.2, 0.25) is 5.02 Å². The van der Waals surface area contributed by atoms with E-state index < -0.39 is 17.7 Å². The first kappa shape index (κ1) is 27.7. The van der Waals surface area contributed by atoms with E-state index >= 15 is 0 Å². The van der Waals surface area contributed by atoms with Crippen molar-refractivity contribution in [1.29, 1.82) is 0 Å². The fourth-order valence-electron chi connectivity index (χ4n) is 3.67. The predicted molar refractivity (Wildman–Crippen MR) is 145 cm³/mol. The van der Waals surface area contributed by atoms with E-state index in [1.54, 1.807) is 42.5 Å². The smallest absolute Gasteiger partial charge is 0.416 e. The summed E-state index contributed by atoms with van der Waals surface area (Å²) in [5.41, 5.74) is 0.694. The van der Waals surface area contributed by atoms with Gasteiger partial charge in [0.2, 0.25) is 0 Å². The highest BCUT2D eigenvalue weighted by Crippen LogP contribution is 2.37. The number of thiocarbonyl (C=S) groups is 1. The molecule has 0 aliphatic carbocycles. The summed E-state index contributed by atoms with van der Waals surface area (Å²) in [4.78, 5) is 25.7. The second-order valence-corrected chi connectivity index (χ2v) is 10.3. The molecule has 5 nitrogen and oxygen atoms in total. The Balaban J connectivity index is 1.41. The minimum absolute atomic E-state index is 0.158. The first-order valence-electron chi connectivity index (χ1n) is 11.2. The van der Waals surface area contributed by atoms with E-state index in [1.807, 2.05) is 0 Å². The lowest BCUT2D eigenvalue weighted by molar-refractivity contribution is -0.137. The predicted octanol–water partition coefficient (Wildman–Crippen LogP) is 7.39. The van der Waals surface area contributed by atoms with Crippen molar-refractivity contribution >= 4 is 57.9 Å². The van der Waals surface area contributed by atoms with E-state index in [-0.39, 0.29) is 22.1 Å². The van der Waals surface area contributed by atoms with Gasteiger partial charge in [-0.3, -0.25) is 9.69 Å². The number of alkyl halides is 3. The Kier molecular flexibility index (Phi) is 8.44. The molecule has 0 unspecified atom stereocenters. The van der Waals surface area contributed by atoms with Crippen LogP contribution in [0, 0.1) is 0 Å². The molecule has 1 amide bonds. The number of rotatable bonds is 8. The standard InChI is InChI=1S/C27H19ClF3NO4S2/c28-22-10-7-19(27(29,30)31)15-21(22)18-4-1-3-16(13-18)14-23-24(33)32(26(37)38-23)11-2-12-36-20-8-5-17(6-9-20)25(34)35/h1,3-10,13-15H,2,11-12H2,(H,34,35). The van der Waals surface area contributed by atoms with Crippen LogP contribution in [0.5, 0.6) is 5.75 Å². The molecular formula is C27H19ClF3NO4S2. The van der Waals surface area contributed by atoms with Crippen molar-refractivity contribution in [2.75, 3.05) is 13.2 Å². The van der Waals surface area contributed by atoms with Gasteiger partial charge in [-0.2, -0.15) is 13.2 Å².